The standard InChI is InChI=1S/C16H23NO2/c1-11(2)15(16(18)19-3)13-6-4-12(5-7-13)14-8-9-17-10-14/h4-7,11,14-15,17H,8-10H2,1-3H3. The second-order valence-corrected chi connectivity index (χ2v) is 5.60. The smallest absolute Gasteiger partial charge is 0.313 e. The molecule has 3 nitrogen and oxygen atoms in total. The normalized spacial score (nSPS) is 20.5. The third-order valence-corrected chi connectivity index (χ3v) is 3.95. The van der Waals surface area contributed by atoms with Crippen LogP contribution in [0.2, 0.25) is 0 Å². The molecule has 104 valence electrons. The Kier molecular flexibility index (Phi) is 4.59. The van der Waals surface area contributed by atoms with Crippen molar-refractivity contribution >= 4 is 5.97 Å². The topological polar surface area (TPSA) is 38.3 Å². The summed E-state index contributed by atoms with van der Waals surface area (Å²) in [5, 5.41) is 3.38. The predicted octanol–water partition coefficient (Wildman–Crippen LogP) is 2.68. The van der Waals surface area contributed by atoms with E-state index in [1.807, 2.05) is 0 Å². The molecule has 1 fully saturated rings. The van der Waals surface area contributed by atoms with E-state index in [-0.39, 0.29) is 17.8 Å². The molecular formula is C16H23NO2. The zero-order valence-electron chi connectivity index (χ0n) is 12.0. The molecule has 1 aromatic carbocycles. The van der Waals surface area contributed by atoms with Gasteiger partial charge in [0.05, 0.1) is 13.0 Å². The number of benzene rings is 1. The minimum Gasteiger partial charge on any atom is -0.469 e. The highest BCUT2D eigenvalue weighted by atomic mass is 16.5. The number of carbonyl (C=O) groups is 1. The van der Waals surface area contributed by atoms with Crippen LogP contribution in [0.4, 0.5) is 0 Å². The minimum atomic E-state index is -0.166. The van der Waals surface area contributed by atoms with E-state index in [1.165, 1.54) is 19.1 Å². The summed E-state index contributed by atoms with van der Waals surface area (Å²) in [6, 6.07) is 8.47. The van der Waals surface area contributed by atoms with E-state index in [4.69, 9.17) is 4.74 Å². The van der Waals surface area contributed by atoms with Gasteiger partial charge in [-0.3, -0.25) is 4.79 Å². The fourth-order valence-electron chi connectivity index (χ4n) is 2.83. The SMILES string of the molecule is COC(=O)C(c1ccc(C2CCNC2)cc1)C(C)C. The minimum absolute atomic E-state index is 0.148. The number of esters is 1. The van der Waals surface area contributed by atoms with Gasteiger partial charge in [-0.25, -0.2) is 0 Å². The van der Waals surface area contributed by atoms with E-state index in [9.17, 15) is 4.79 Å². The number of hydrogen-bond acceptors (Lipinski definition) is 3. The maximum atomic E-state index is 11.9. The molecule has 19 heavy (non-hydrogen) atoms. The van der Waals surface area contributed by atoms with Crippen molar-refractivity contribution in [1.82, 2.24) is 5.32 Å². The molecule has 1 aromatic rings. The van der Waals surface area contributed by atoms with Gasteiger partial charge >= 0.3 is 5.97 Å². The molecule has 3 heteroatoms. The van der Waals surface area contributed by atoms with Gasteiger partial charge in [-0.1, -0.05) is 38.1 Å². The molecule has 1 N–H and O–H groups in total. The Hall–Kier alpha value is -1.35. The lowest BCUT2D eigenvalue weighted by Gasteiger charge is -2.19. The lowest BCUT2D eigenvalue weighted by molar-refractivity contribution is -0.143. The van der Waals surface area contributed by atoms with Crippen LogP contribution in [0.15, 0.2) is 24.3 Å². The molecule has 1 saturated heterocycles. The Morgan fingerprint density at radius 3 is 2.47 bits per heavy atom. The van der Waals surface area contributed by atoms with Crippen LogP contribution < -0.4 is 5.32 Å². The van der Waals surface area contributed by atoms with Crippen LogP contribution in [0.3, 0.4) is 0 Å². The largest absolute Gasteiger partial charge is 0.469 e. The van der Waals surface area contributed by atoms with Crippen LogP contribution in [0.5, 0.6) is 0 Å². The van der Waals surface area contributed by atoms with Crippen LogP contribution in [-0.2, 0) is 9.53 Å². The van der Waals surface area contributed by atoms with Gasteiger partial charge in [0.25, 0.3) is 0 Å². The summed E-state index contributed by atoms with van der Waals surface area (Å²) in [6.45, 7) is 6.26. The zero-order chi connectivity index (χ0) is 13.8. The maximum Gasteiger partial charge on any atom is 0.313 e. The molecular weight excluding hydrogens is 238 g/mol. The molecule has 1 aliphatic heterocycles. The predicted molar refractivity (Wildman–Crippen MR) is 76.3 cm³/mol. The summed E-state index contributed by atoms with van der Waals surface area (Å²) in [5.41, 5.74) is 2.41. The van der Waals surface area contributed by atoms with Gasteiger partial charge in [0.2, 0.25) is 0 Å². The van der Waals surface area contributed by atoms with Crippen LogP contribution in [-0.4, -0.2) is 26.2 Å². The van der Waals surface area contributed by atoms with Crippen LogP contribution >= 0.6 is 0 Å². The van der Waals surface area contributed by atoms with Gasteiger partial charge in [0, 0.05) is 6.54 Å². The van der Waals surface area contributed by atoms with Crippen molar-refractivity contribution in [2.24, 2.45) is 5.92 Å². The maximum absolute atomic E-state index is 11.9. The molecule has 1 aliphatic rings. The van der Waals surface area contributed by atoms with E-state index in [2.05, 4.69) is 43.4 Å². The Morgan fingerprint density at radius 1 is 1.32 bits per heavy atom. The summed E-state index contributed by atoms with van der Waals surface area (Å²) in [6.07, 6.45) is 1.20. The van der Waals surface area contributed by atoms with E-state index >= 15 is 0 Å². The van der Waals surface area contributed by atoms with E-state index in [0.29, 0.717) is 5.92 Å². The average Bonchev–Trinajstić information content (AvgIpc) is 2.93. The molecule has 1 heterocycles. The van der Waals surface area contributed by atoms with Gasteiger partial charge in [-0.05, 0) is 35.9 Å². The first-order valence-electron chi connectivity index (χ1n) is 7.02. The Bertz CT molecular complexity index is 419. The van der Waals surface area contributed by atoms with Gasteiger partial charge < -0.3 is 10.1 Å². The van der Waals surface area contributed by atoms with Crippen LogP contribution in [0.25, 0.3) is 0 Å². The van der Waals surface area contributed by atoms with Crippen molar-refractivity contribution in [3.63, 3.8) is 0 Å². The Balaban J connectivity index is 2.17. The van der Waals surface area contributed by atoms with E-state index in [0.717, 1.165) is 18.7 Å². The summed E-state index contributed by atoms with van der Waals surface area (Å²) in [4.78, 5) is 11.9. The van der Waals surface area contributed by atoms with Crippen molar-refractivity contribution in [1.29, 1.82) is 0 Å². The summed E-state index contributed by atoms with van der Waals surface area (Å²) >= 11 is 0. The third kappa shape index (κ3) is 3.16. The molecule has 0 saturated carbocycles. The van der Waals surface area contributed by atoms with Crippen molar-refractivity contribution in [3.8, 4) is 0 Å². The Labute approximate surface area is 115 Å². The fraction of sp³-hybridized carbons (Fsp3) is 0.562. The molecule has 2 rings (SSSR count). The lowest BCUT2D eigenvalue weighted by atomic mass is 9.87. The second kappa shape index (κ2) is 6.20. The van der Waals surface area contributed by atoms with Gasteiger partial charge in [-0.2, -0.15) is 0 Å². The van der Waals surface area contributed by atoms with Gasteiger partial charge in [0.15, 0.2) is 0 Å². The van der Waals surface area contributed by atoms with Crippen molar-refractivity contribution in [3.05, 3.63) is 35.4 Å². The molecule has 2 unspecified atom stereocenters. The molecule has 0 radical (unpaired) electrons. The molecule has 0 spiro atoms. The van der Waals surface area contributed by atoms with Crippen molar-refractivity contribution in [2.45, 2.75) is 32.1 Å². The number of methoxy groups -OCH3 is 1. The first-order chi connectivity index (χ1) is 9.13. The first kappa shape index (κ1) is 14.1. The van der Waals surface area contributed by atoms with E-state index < -0.39 is 0 Å². The number of ether oxygens (including phenoxy) is 1. The summed E-state index contributed by atoms with van der Waals surface area (Å²) < 4.78 is 4.91. The van der Waals surface area contributed by atoms with Crippen molar-refractivity contribution in [2.75, 3.05) is 20.2 Å². The quantitative estimate of drug-likeness (QED) is 0.847. The summed E-state index contributed by atoms with van der Waals surface area (Å²) in [7, 11) is 1.45. The molecule has 0 bridgehead atoms. The van der Waals surface area contributed by atoms with E-state index in [1.54, 1.807) is 0 Å². The molecule has 0 amide bonds. The summed E-state index contributed by atoms with van der Waals surface area (Å²) in [5.74, 6) is 0.544. The molecule has 2 atom stereocenters. The fourth-order valence-corrected chi connectivity index (χ4v) is 2.83. The first-order valence-corrected chi connectivity index (χ1v) is 7.02. The van der Waals surface area contributed by atoms with Gasteiger partial charge in [-0.15, -0.1) is 0 Å². The average molecular weight is 261 g/mol. The number of rotatable bonds is 4. The second-order valence-electron chi connectivity index (χ2n) is 5.60. The van der Waals surface area contributed by atoms with Gasteiger partial charge in [0.1, 0.15) is 0 Å². The highest BCUT2D eigenvalue weighted by molar-refractivity contribution is 5.78. The number of carbonyl (C=O) groups excluding carboxylic acids is 1. The zero-order valence-corrected chi connectivity index (χ0v) is 12.0. The molecule has 0 aromatic heterocycles. The van der Waals surface area contributed by atoms with Crippen LogP contribution in [0, 0.1) is 5.92 Å². The van der Waals surface area contributed by atoms with Crippen LogP contribution in [0.1, 0.15) is 43.2 Å². The number of hydrogen-bond donors (Lipinski definition) is 1. The highest BCUT2D eigenvalue weighted by Crippen LogP contribution is 2.28. The van der Waals surface area contributed by atoms with Crippen molar-refractivity contribution < 1.29 is 9.53 Å². The lowest BCUT2D eigenvalue weighted by Crippen LogP contribution is -2.19. The number of nitrogens with one attached hydrogen (secondary N) is 1. The Morgan fingerprint density at radius 2 is 2.00 bits per heavy atom. The highest BCUT2D eigenvalue weighted by Gasteiger charge is 2.25. The molecule has 0 aliphatic carbocycles. The monoisotopic (exact) mass is 261 g/mol. The third-order valence-electron chi connectivity index (χ3n) is 3.95.